The number of aromatic nitrogens is 3. The van der Waals surface area contributed by atoms with Gasteiger partial charge in [0.15, 0.2) is 5.65 Å². The molecule has 2 aromatic rings. The summed E-state index contributed by atoms with van der Waals surface area (Å²) in [5.74, 6) is -0.182. The van der Waals surface area contributed by atoms with E-state index in [2.05, 4.69) is 10.1 Å². The Morgan fingerprint density at radius 3 is 2.37 bits per heavy atom. The second-order valence-electron chi connectivity index (χ2n) is 7.13. The second-order valence-corrected chi connectivity index (χ2v) is 9.39. The van der Waals surface area contributed by atoms with Gasteiger partial charge in [-0.25, -0.2) is 22.2 Å². The lowest BCUT2D eigenvalue weighted by Gasteiger charge is -2.30. The maximum atomic E-state index is 13.5. The van der Waals surface area contributed by atoms with Gasteiger partial charge in [0, 0.05) is 30.8 Å². The van der Waals surface area contributed by atoms with Gasteiger partial charge in [-0.2, -0.15) is 18.3 Å². The van der Waals surface area contributed by atoms with Gasteiger partial charge in [0.25, 0.3) is 0 Å². The first kappa shape index (κ1) is 20.1. The number of rotatable bonds is 4. The Hall–Kier alpha value is -1.68. The van der Waals surface area contributed by atoms with Crippen molar-refractivity contribution in [3.63, 3.8) is 0 Å². The molecule has 0 aliphatic carbocycles. The highest BCUT2D eigenvalue weighted by molar-refractivity contribution is 7.89. The number of fused-ring (bicyclic) bond motifs is 1. The summed E-state index contributed by atoms with van der Waals surface area (Å²) in [5, 5.41) is 4.18. The molecule has 0 bridgehead atoms. The predicted octanol–water partition coefficient (Wildman–Crippen LogP) is 3.40. The molecule has 1 fully saturated rings. The van der Waals surface area contributed by atoms with Crippen LogP contribution in [0.4, 0.5) is 13.2 Å². The van der Waals surface area contributed by atoms with Crippen LogP contribution in [0, 0.1) is 0 Å². The maximum absolute atomic E-state index is 13.5. The summed E-state index contributed by atoms with van der Waals surface area (Å²) in [4.78, 5) is 4.33. The Bertz CT molecular complexity index is 930. The van der Waals surface area contributed by atoms with Gasteiger partial charge in [0.05, 0.1) is 11.4 Å². The summed E-state index contributed by atoms with van der Waals surface area (Å²) >= 11 is 0. The Kier molecular flexibility index (Phi) is 5.24. The molecule has 0 atom stereocenters. The first-order chi connectivity index (χ1) is 12.5. The van der Waals surface area contributed by atoms with Crippen molar-refractivity contribution in [1.82, 2.24) is 18.9 Å². The molecule has 3 rings (SSSR count). The summed E-state index contributed by atoms with van der Waals surface area (Å²) < 4.78 is 66.6. The SMILES string of the molecule is CCS(=O)(=O)N1CCC(c2cc3nc(C(C)C)cc(C(F)(F)F)n3n2)CC1. The van der Waals surface area contributed by atoms with E-state index in [0.29, 0.717) is 37.3 Å². The molecule has 1 aliphatic rings. The van der Waals surface area contributed by atoms with Crippen LogP contribution >= 0.6 is 0 Å². The number of piperidine rings is 1. The Morgan fingerprint density at radius 1 is 1.22 bits per heavy atom. The first-order valence-electron chi connectivity index (χ1n) is 8.98. The minimum absolute atomic E-state index is 0.0445. The molecule has 10 heteroatoms. The van der Waals surface area contributed by atoms with Crippen LogP contribution in [0.5, 0.6) is 0 Å². The van der Waals surface area contributed by atoms with Crippen LogP contribution < -0.4 is 0 Å². The van der Waals surface area contributed by atoms with Crippen molar-refractivity contribution in [3.8, 4) is 0 Å². The number of hydrogen-bond donors (Lipinski definition) is 0. The lowest BCUT2D eigenvalue weighted by atomic mass is 9.95. The van der Waals surface area contributed by atoms with E-state index >= 15 is 0 Å². The van der Waals surface area contributed by atoms with Gasteiger partial charge in [0.2, 0.25) is 10.0 Å². The zero-order valence-corrected chi connectivity index (χ0v) is 16.3. The topological polar surface area (TPSA) is 67.6 Å². The summed E-state index contributed by atoms with van der Waals surface area (Å²) in [6.45, 7) is 5.89. The summed E-state index contributed by atoms with van der Waals surface area (Å²) in [6, 6.07) is 2.64. The van der Waals surface area contributed by atoms with Crippen LogP contribution in [0.25, 0.3) is 5.65 Å². The fraction of sp³-hybridized carbons (Fsp3) is 0.647. The lowest BCUT2D eigenvalue weighted by Crippen LogP contribution is -2.38. The second kappa shape index (κ2) is 7.05. The van der Waals surface area contributed by atoms with Crippen LogP contribution in [0.3, 0.4) is 0 Å². The third kappa shape index (κ3) is 3.96. The molecule has 6 nitrogen and oxygen atoms in total. The van der Waals surface area contributed by atoms with E-state index in [9.17, 15) is 21.6 Å². The third-order valence-electron chi connectivity index (χ3n) is 4.98. The average Bonchev–Trinajstić information content (AvgIpc) is 3.04. The molecule has 0 spiro atoms. The molecule has 2 aromatic heterocycles. The van der Waals surface area contributed by atoms with Crippen molar-refractivity contribution in [2.75, 3.05) is 18.8 Å². The molecular weight excluding hydrogens is 381 g/mol. The standard InChI is InChI=1S/C17H23F3N4O2S/c1-4-27(25,26)23-7-5-12(6-8-23)14-10-16-21-13(11(2)3)9-15(17(18,19)20)24(16)22-14/h9-12H,4-8H2,1-3H3. The van der Waals surface area contributed by atoms with Crippen molar-refractivity contribution in [2.45, 2.75) is 51.6 Å². The largest absolute Gasteiger partial charge is 0.433 e. The van der Waals surface area contributed by atoms with E-state index in [1.54, 1.807) is 26.8 Å². The molecule has 0 saturated carbocycles. The van der Waals surface area contributed by atoms with Crippen molar-refractivity contribution < 1.29 is 21.6 Å². The minimum Gasteiger partial charge on any atom is -0.233 e. The van der Waals surface area contributed by atoms with E-state index in [0.717, 1.165) is 10.6 Å². The summed E-state index contributed by atoms with van der Waals surface area (Å²) in [6.07, 6.45) is -3.48. The van der Waals surface area contributed by atoms with E-state index < -0.39 is 21.9 Å². The molecule has 0 aromatic carbocycles. The van der Waals surface area contributed by atoms with Crippen LogP contribution in [-0.4, -0.2) is 46.2 Å². The Morgan fingerprint density at radius 2 is 1.85 bits per heavy atom. The zero-order valence-electron chi connectivity index (χ0n) is 15.5. The third-order valence-corrected chi connectivity index (χ3v) is 6.86. The molecule has 3 heterocycles. The molecule has 150 valence electrons. The summed E-state index contributed by atoms with van der Waals surface area (Å²) in [5.41, 5.74) is 0.230. The van der Waals surface area contributed by atoms with Gasteiger partial charge in [-0.3, -0.25) is 0 Å². The molecule has 1 saturated heterocycles. The van der Waals surface area contributed by atoms with Gasteiger partial charge >= 0.3 is 6.18 Å². The fourth-order valence-electron chi connectivity index (χ4n) is 3.32. The quantitative estimate of drug-likeness (QED) is 0.783. The van der Waals surface area contributed by atoms with Gasteiger partial charge < -0.3 is 0 Å². The molecule has 1 aliphatic heterocycles. The van der Waals surface area contributed by atoms with Crippen molar-refractivity contribution in [2.24, 2.45) is 0 Å². The average molecular weight is 404 g/mol. The van der Waals surface area contributed by atoms with Crippen LogP contribution in [0.2, 0.25) is 0 Å². The highest BCUT2D eigenvalue weighted by atomic mass is 32.2. The Labute approximate surface area is 156 Å². The number of halogens is 3. The van der Waals surface area contributed by atoms with E-state index in [1.165, 1.54) is 4.31 Å². The molecule has 0 unspecified atom stereocenters. The van der Waals surface area contributed by atoms with Crippen LogP contribution in [0.1, 0.15) is 62.5 Å². The summed E-state index contributed by atoms with van der Waals surface area (Å²) in [7, 11) is -3.25. The van der Waals surface area contributed by atoms with Crippen molar-refractivity contribution in [3.05, 3.63) is 29.2 Å². The number of nitrogens with zero attached hydrogens (tertiary/aromatic N) is 4. The first-order valence-corrected chi connectivity index (χ1v) is 10.6. The zero-order chi connectivity index (χ0) is 20.0. The molecule has 27 heavy (non-hydrogen) atoms. The monoisotopic (exact) mass is 404 g/mol. The molecule has 0 N–H and O–H groups in total. The minimum atomic E-state index is -4.54. The van der Waals surface area contributed by atoms with E-state index in [-0.39, 0.29) is 23.2 Å². The van der Waals surface area contributed by atoms with Crippen molar-refractivity contribution >= 4 is 15.7 Å². The van der Waals surface area contributed by atoms with Crippen molar-refractivity contribution in [1.29, 1.82) is 0 Å². The maximum Gasteiger partial charge on any atom is 0.433 e. The highest BCUT2D eigenvalue weighted by Crippen LogP contribution is 2.34. The lowest BCUT2D eigenvalue weighted by molar-refractivity contribution is -0.142. The Balaban J connectivity index is 1.93. The molecule has 0 amide bonds. The van der Waals surface area contributed by atoms with Crippen LogP contribution in [0.15, 0.2) is 12.1 Å². The van der Waals surface area contributed by atoms with Gasteiger partial charge in [-0.05, 0) is 31.7 Å². The fourth-order valence-corrected chi connectivity index (χ4v) is 4.45. The smallest absolute Gasteiger partial charge is 0.233 e. The number of sulfonamides is 1. The highest BCUT2D eigenvalue weighted by Gasteiger charge is 2.36. The molecule has 0 radical (unpaired) electrons. The van der Waals surface area contributed by atoms with Gasteiger partial charge in [0.1, 0.15) is 5.69 Å². The van der Waals surface area contributed by atoms with Gasteiger partial charge in [-0.1, -0.05) is 13.8 Å². The number of alkyl halides is 3. The van der Waals surface area contributed by atoms with E-state index in [4.69, 9.17) is 0 Å². The van der Waals surface area contributed by atoms with Crippen LogP contribution in [-0.2, 0) is 16.2 Å². The van der Waals surface area contributed by atoms with Gasteiger partial charge in [-0.15, -0.1) is 0 Å². The predicted molar refractivity (Wildman–Crippen MR) is 95.1 cm³/mol. The van der Waals surface area contributed by atoms with E-state index in [1.807, 2.05) is 0 Å². The normalized spacial score (nSPS) is 17.9. The molecular formula is C17H23F3N4O2S. The number of hydrogen-bond acceptors (Lipinski definition) is 4.